The molecule has 0 aromatic heterocycles. The van der Waals surface area contributed by atoms with E-state index < -0.39 is 47.5 Å². The van der Waals surface area contributed by atoms with Crippen molar-refractivity contribution in [2.24, 2.45) is 28.6 Å². The number of Topliss-reactive ketones (excluding diaryl/α,β-unsaturated/α-hetero) is 1. The van der Waals surface area contributed by atoms with Gasteiger partial charge in [0, 0.05) is 31.6 Å². The first-order chi connectivity index (χ1) is 23.3. The first-order valence-corrected chi connectivity index (χ1v) is 19.3. The summed E-state index contributed by atoms with van der Waals surface area (Å²) in [4.78, 5) is 55.9. The average Bonchev–Trinajstić information content (AvgIpc) is 3.46. The molecular weight excluding hydrogens is 653 g/mol. The van der Waals surface area contributed by atoms with Gasteiger partial charge in [0.05, 0.1) is 12.1 Å². The van der Waals surface area contributed by atoms with Gasteiger partial charge in [0.25, 0.3) is 5.91 Å². The zero-order valence-corrected chi connectivity index (χ0v) is 33.1. The number of urea groups is 1. The molecule has 12 heteroatoms. The molecule has 50 heavy (non-hydrogen) atoms. The Morgan fingerprint density at radius 3 is 2.18 bits per heavy atom. The van der Waals surface area contributed by atoms with Crippen LogP contribution in [0.4, 0.5) is 4.79 Å². The lowest BCUT2D eigenvalue weighted by molar-refractivity contribution is -0.142. The lowest BCUT2D eigenvalue weighted by Gasteiger charge is -2.40. The number of likely N-dealkylation sites (tertiary alicyclic amines) is 1. The van der Waals surface area contributed by atoms with Gasteiger partial charge in [-0.05, 0) is 67.5 Å². The molecule has 2 rings (SSSR count). The topological polar surface area (TPSA) is 152 Å². The summed E-state index contributed by atoms with van der Waals surface area (Å²) in [6.45, 7) is 25.9. The number of unbranched alkanes of at least 4 members (excludes halogenated alkanes) is 1. The molecule has 2 aliphatic rings. The molecule has 2 unspecified atom stereocenters. The molecule has 0 aromatic carbocycles. The number of rotatable bonds is 20. The van der Waals surface area contributed by atoms with E-state index in [9.17, 15) is 24.3 Å². The molecule has 6 N–H and O–H groups in total. The summed E-state index contributed by atoms with van der Waals surface area (Å²) in [5, 5.41) is 27.1. The van der Waals surface area contributed by atoms with Gasteiger partial charge in [-0.2, -0.15) is 0 Å². The van der Waals surface area contributed by atoms with Crippen molar-refractivity contribution in [3.8, 4) is 0 Å². The molecule has 0 bridgehead atoms. The van der Waals surface area contributed by atoms with Crippen LogP contribution in [0.15, 0.2) is 24.8 Å². The first-order valence-electron chi connectivity index (χ1n) is 18.6. The first kappa shape index (κ1) is 43.8. The molecule has 1 saturated carbocycles. The van der Waals surface area contributed by atoms with Crippen molar-refractivity contribution in [2.75, 3.05) is 31.9 Å². The Hall–Kier alpha value is -2.41. The van der Waals surface area contributed by atoms with Crippen LogP contribution < -0.4 is 26.6 Å². The lowest BCUT2D eigenvalue weighted by atomic mass is 9.79. The third-order valence-corrected chi connectivity index (χ3v) is 10.6. The van der Waals surface area contributed by atoms with Gasteiger partial charge in [0.1, 0.15) is 18.0 Å². The van der Waals surface area contributed by atoms with Crippen LogP contribution in [0.5, 0.6) is 0 Å². The van der Waals surface area contributed by atoms with E-state index in [0.717, 1.165) is 50.0 Å². The van der Waals surface area contributed by atoms with Crippen LogP contribution >= 0.6 is 0 Å². The quantitative estimate of drug-likeness (QED) is 0.0372. The number of aliphatic hydroxyl groups excluding tert-OH is 1. The highest BCUT2D eigenvalue weighted by Crippen LogP contribution is 2.37. The number of nitrogens with zero attached hydrogens (tertiary/aromatic N) is 1. The Balaban J connectivity index is 2.35. The van der Waals surface area contributed by atoms with Crippen molar-refractivity contribution < 1.29 is 24.3 Å². The van der Waals surface area contributed by atoms with Gasteiger partial charge in [0.15, 0.2) is 0 Å². The van der Waals surface area contributed by atoms with Crippen LogP contribution in [0.2, 0.25) is 0 Å². The van der Waals surface area contributed by atoms with Crippen LogP contribution in [0.3, 0.4) is 0 Å². The third kappa shape index (κ3) is 13.0. The van der Waals surface area contributed by atoms with Crippen LogP contribution in [0.1, 0.15) is 100 Å². The van der Waals surface area contributed by atoms with Crippen LogP contribution in [-0.4, -0.2) is 96.0 Å². The van der Waals surface area contributed by atoms with Crippen LogP contribution in [0, 0.1) is 28.6 Å². The summed E-state index contributed by atoms with van der Waals surface area (Å²) in [6, 6.07) is -3.22. The van der Waals surface area contributed by atoms with E-state index >= 15 is 0 Å². The minimum Gasteiger partial charge on any atom is -0.376 e. The Morgan fingerprint density at radius 1 is 1.00 bits per heavy atom. The van der Waals surface area contributed by atoms with E-state index in [0.29, 0.717) is 25.9 Å². The molecule has 11 nitrogen and oxygen atoms in total. The highest BCUT2D eigenvalue weighted by atomic mass is 32.1. The number of carbonyl (C=O) groups excluding carboxylic acids is 4. The second-order valence-electron chi connectivity index (χ2n) is 16.7. The monoisotopic (exact) mass is 722 g/mol. The fourth-order valence-electron chi connectivity index (χ4n) is 6.66. The fraction of sp³-hybridized carbons (Fsp3) is 0.789. The zero-order chi connectivity index (χ0) is 37.8. The van der Waals surface area contributed by atoms with E-state index in [2.05, 4.69) is 73.1 Å². The normalized spacial score (nSPS) is 20.7. The van der Waals surface area contributed by atoms with Gasteiger partial charge in [-0.1, -0.05) is 92.9 Å². The van der Waals surface area contributed by atoms with Gasteiger partial charge >= 0.3 is 6.03 Å². The van der Waals surface area contributed by atoms with E-state index in [1.807, 2.05) is 34.6 Å². The maximum atomic E-state index is 14.6. The molecule has 2 fully saturated rings. The summed E-state index contributed by atoms with van der Waals surface area (Å²) >= 11 is 3.51. The number of hydrogen-bond donors (Lipinski definition) is 6. The fourth-order valence-corrected chi connectivity index (χ4v) is 6.91. The van der Waals surface area contributed by atoms with E-state index in [1.165, 1.54) is 6.08 Å². The average molecular weight is 722 g/mol. The van der Waals surface area contributed by atoms with Crippen molar-refractivity contribution in [3.63, 3.8) is 0 Å². The summed E-state index contributed by atoms with van der Waals surface area (Å²) in [7, 11) is 0. The molecule has 1 aliphatic heterocycles. The summed E-state index contributed by atoms with van der Waals surface area (Å²) < 4.78 is 0. The second-order valence-corrected chi connectivity index (χ2v) is 17.2. The lowest BCUT2D eigenvalue weighted by Crippen LogP contribution is -2.63. The number of ketones is 1. The molecular formula is C38H69N6O5S+. The number of aliphatic hydroxyl groups is 1. The molecule has 286 valence electrons. The smallest absolute Gasteiger partial charge is 0.315 e. The van der Waals surface area contributed by atoms with Gasteiger partial charge < -0.3 is 31.3 Å². The van der Waals surface area contributed by atoms with E-state index in [4.69, 9.17) is 0 Å². The molecule has 1 saturated heterocycles. The van der Waals surface area contributed by atoms with Crippen molar-refractivity contribution in [1.82, 2.24) is 31.5 Å². The predicted octanol–water partition coefficient (Wildman–Crippen LogP) is 3.26. The Bertz CT molecular complexity index is 1160. The Labute approximate surface area is 307 Å². The molecule has 0 radical (unpaired) electrons. The SMILES string of the molecule is C=CCNC(=O)C(=O)C(CC1CCC1)NC(O)[C@@H]1[C@@H](C(=C)C(C)C)CCN1C(=O)[C@@H](NC(=O)N[C@H](CNCCCC[SH2+])C(C)(C)C)C(C)(C)C. The molecule has 6 atom stereocenters. The maximum absolute atomic E-state index is 14.6. The number of hydrogen-bond acceptors (Lipinski definition) is 7. The molecule has 0 aromatic rings. The second kappa shape index (κ2) is 20.0. The molecule has 1 heterocycles. The maximum Gasteiger partial charge on any atom is 0.315 e. The summed E-state index contributed by atoms with van der Waals surface area (Å²) in [5.41, 5.74) is -0.00963. The summed E-state index contributed by atoms with van der Waals surface area (Å²) in [5.74, 6) is -0.656. The van der Waals surface area contributed by atoms with E-state index in [1.54, 1.807) is 4.90 Å². The van der Waals surface area contributed by atoms with Crippen molar-refractivity contribution >= 4 is 36.3 Å². The largest absolute Gasteiger partial charge is 0.376 e. The van der Waals surface area contributed by atoms with Gasteiger partial charge in [-0.3, -0.25) is 19.7 Å². The van der Waals surface area contributed by atoms with Gasteiger partial charge in [-0.25, -0.2) is 4.79 Å². The standard InChI is InChI=1S/C38H68N6O5S/c1-11-18-40-34(47)31(45)28(22-26-15-14-16-26)41-33(46)30-27(25(4)24(2)3)17-20-44(30)35(48)32(38(8,9)10)43-36(49)42-29(37(5,6)7)23-39-19-12-13-21-50/h11,24,26-30,32-33,39,41,46,50H,1,4,12-23H2,2-3,5-10H3,(H,40,47)(H2,42,43,49)/p+1/t27-,28?,29-,30+,32-,33?/m1/s1. The van der Waals surface area contributed by atoms with E-state index in [-0.39, 0.29) is 41.7 Å². The number of amides is 4. The molecule has 1 aliphatic carbocycles. The minimum atomic E-state index is -1.32. The molecule has 0 spiro atoms. The summed E-state index contributed by atoms with van der Waals surface area (Å²) in [6.07, 6.45) is 6.24. The number of nitrogens with one attached hydrogen (secondary N) is 5. The van der Waals surface area contributed by atoms with Crippen molar-refractivity contribution in [1.29, 1.82) is 0 Å². The molecule has 4 amide bonds. The number of carbonyl (C=O) groups is 4. The minimum absolute atomic E-state index is 0.0893. The Morgan fingerprint density at radius 2 is 1.66 bits per heavy atom. The van der Waals surface area contributed by atoms with Crippen molar-refractivity contribution in [2.45, 2.75) is 131 Å². The highest BCUT2D eigenvalue weighted by molar-refractivity contribution is 7.58. The third-order valence-electron chi connectivity index (χ3n) is 10.3. The van der Waals surface area contributed by atoms with Crippen LogP contribution in [-0.2, 0) is 27.0 Å². The van der Waals surface area contributed by atoms with Crippen LogP contribution in [0.25, 0.3) is 0 Å². The van der Waals surface area contributed by atoms with Gasteiger partial charge in [0.2, 0.25) is 11.7 Å². The zero-order valence-electron chi connectivity index (χ0n) is 32.1. The predicted molar refractivity (Wildman–Crippen MR) is 206 cm³/mol. The Kier molecular flexibility index (Phi) is 17.5. The highest BCUT2D eigenvalue weighted by Gasteiger charge is 2.48. The van der Waals surface area contributed by atoms with Gasteiger partial charge in [-0.15, -0.1) is 6.58 Å². The van der Waals surface area contributed by atoms with Crippen molar-refractivity contribution in [3.05, 3.63) is 24.8 Å².